The Balaban J connectivity index is 2.24. The molecule has 1 aromatic carbocycles. The first-order chi connectivity index (χ1) is 8.19. The van der Waals surface area contributed by atoms with E-state index in [0.717, 1.165) is 25.8 Å². The van der Waals surface area contributed by atoms with E-state index in [1.165, 1.54) is 11.8 Å². The average molecular weight is 310 g/mol. The maximum absolute atomic E-state index is 5.59. The molecule has 1 heterocycles. The van der Waals surface area contributed by atoms with Gasteiger partial charge in [0.05, 0.1) is 0 Å². The molecule has 3 nitrogen and oxygen atoms in total. The lowest BCUT2D eigenvalue weighted by Gasteiger charge is -2.05. The molecule has 2 aromatic rings. The third-order valence-corrected chi connectivity index (χ3v) is 4.08. The summed E-state index contributed by atoms with van der Waals surface area (Å²) in [6, 6.07) is 7.96. The van der Waals surface area contributed by atoms with Crippen molar-refractivity contribution in [2.45, 2.75) is 23.5 Å². The minimum atomic E-state index is 0.546. The predicted molar refractivity (Wildman–Crippen MR) is 72.9 cm³/mol. The summed E-state index contributed by atoms with van der Waals surface area (Å²) in [5.41, 5.74) is 7.66. The highest BCUT2D eigenvalue weighted by Gasteiger charge is 2.05. The van der Waals surface area contributed by atoms with Crippen molar-refractivity contribution in [3.05, 3.63) is 46.2 Å². The van der Waals surface area contributed by atoms with E-state index in [1.54, 1.807) is 6.20 Å². The maximum Gasteiger partial charge on any atom is 0.192 e. The minimum Gasteiger partial charge on any atom is -0.326 e. The third kappa shape index (κ3) is 3.28. The highest BCUT2D eigenvalue weighted by atomic mass is 79.9. The van der Waals surface area contributed by atoms with Gasteiger partial charge in [0.15, 0.2) is 5.16 Å². The Labute approximate surface area is 113 Å². The first-order valence-corrected chi connectivity index (χ1v) is 6.76. The van der Waals surface area contributed by atoms with Crippen molar-refractivity contribution in [2.75, 3.05) is 0 Å². The molecular weight excluding hydrogens is 298 g/mol. The molecule has 17 heavy (non-hydrogen) atoms. The summed E-state index contributed by atoms with van der Waals surface area (Å²) < 4.78 is 1.02. The van der Waals surface area contributed by atoms with Crippen LogP contribution in [0.4, 0.5) is 0 Å². The van der Waals surface area contributed by atoms with Crippen LogP contribution in [0.15, 0.2) is 45.0 Å². The number of benzene rings is 1. The minimum absolute atomic E-state index is 0.546. The van der Waals surface area contributed by atoms with Crippen LogP contribution in [0.3, 0.4) is 0 Å². The molecule has 0 radical (unpaired) electrons. The van der Waals surface area contributed by atoms with E-state index in [0.29, 0.717) is 6.54 Å². The van der Waals surface area contributed by atoms with Crippen LogP contribution < -0.4 is 5.73 Å². The Bertz CT molecular complexity index is 531. The van der Waals surface area contributed by atoms with Gasteiger partial charge in [0, 0.05) is 27.8 Å². The summed E-state index contributed by atoms with van der Waals surface area (Å²) in [6.45, 7) is 2.50. The Morgan fingerprint density at radius 2 is 2.18 bits per heavy atom. The van der Waals surface area contributed by atoms with Gasteiger partial charge in [-0.2, -0.15) is 0 Å². The van der Waals surface area contributed by atoms with Crippen molar-refractivity contribution in [2.24, 2.45) is 5.73 Å². The van der Waals surface area contributed by atoms with Crippen molar-refractivity contribution in [1.29, 1.82) is 0 Å². The zero-order valence-corrected chi connectivity index (χ0v) is 11.8. The molecule has 88 valence electrons. The van der Waals surface area contributed by atoms with Gasteiger partial charge in [0.1, 0.15) is 0 Å². The molecule has 0 saturated heterocycles. The number of hydrogen-bond donors (Lipinski definition) is 1. The molecule has 1 aromatic heterocycles. The van der Waals surface area contributed by atoms with Crippen LogP contribution in [0, 0.1) is 6.92 Å². The largest absolute Gasteiger partial charge is 0.326 e. The first kappa shape index (κ1) is 12.5. The summed E-state index contributed by atoms with van der Waals surface area (Å²) >= 11 is 5.07. The molecule has 0 aliphatic carbocycles. The van der Waals surface area contributed by atoms with E-state index in [2.05, 4.69) is 25.9 Å². The van der Waals surface area contributed by atoms with E-state index in [-0.39, 0.29) is 0 Å². The zero-order chi connectivity index (χ0) is 12.3. The summed E-state index contributed by atoms with van der Waals surface area (Å²) in [7, 11) is 0. The number of nitrogens with two attached hydrogens (primary N) is 1. The molecule has 0 aliphatic rings. The molecule has 0 spiro atoms. The second-order valence-corrected chi connectivity index (χ2v) is 5.41. The van der Waals surface area contributed by atoms with Gasteiger partial charge in [0.25, 0.3) is 0 Å². The van der Waals surface area contributed by atoms with Gasteiger partial charge >= 0.3 is 0 Å². The van der Waals surface area contributed by atoms with Gasteiger partial charge in [-0.1, -0.05) is 6.07 Å². The van der Waals surface area contributed by atoms with E-state index in [9.17, 15) is 0 Å². The van der Waals surface area contributed by atoms with Crippen molar-refractivity contribution in [3.63, 3.8) is 0 Å². The SMILES string of the molecule is Cc1ccnc(Sc2ccc(CN)cc2Br)n1. The molecule has 2 rings (SSSR count). The molecule has 0 unspecified atom stereocenters. The monoisotopic (exact) mass is 309 g/mol. The highest BCUT2D eigenvalue weighted by Crippen LogP contribution is 2.32. The molecule has 2 N–H and O–H groups in total. The molecule has 0 saturated carbocycles. The number of aryl methyl sites for hydroxylation is 1. The van der Waals surface area contributed by atoms with Gasteiger partial charge in [-0.25, -0.2) is 9.97 Å². The van der Waals surface area contributed by atoms with E-state index >= 15 is 0 Å². The lowest BCUT2D eigenvalue weighted by Crippen LogP contribution is -1.96. The molecule has 5 heteroatoms. The maximum atomic E-state index is 5.59. The molecule has 0 atom stereocenters. The second kappa shape index (κ2) is 5.62. The summed E-state index contributed by atoms with van der Waals surface area (Å²) in [6.07, 6.45) is 1.77. The fourth-order valence-electron chi connectivity index (χ4n) is 1.33. The van der Waals surface area contributed by atoms with Crippen LogP contribution >= 0.6 is 27.7 Å². The molecule has 0 aliphatic heterocycles. The molecular formula is C12H12BrN3S. The second-order valence-electron chi connectivity index (χ2n) is 3.55. The van der Waals surface area contributed by atoms with Crippen LogP contribution in [0.2, 0.25) is 0 Å². The summed E-state index contributed by atoms with van der Waals surface area (Å²) in [5, 5.41) is 0.756. The third-order valence-electron chi connectivity index (χ3n) is 2.21. The smallest absolute Gasteiger partial charge is 0.192 e. The topological polar surface area (TPSA) is 51.8 Å². The number of nitrogens with zero attached hydrogens (tertiary/aromatic N) is 2. The number of rotatable bonds is 3. The molecule has 0 bridgehead atoms. The van der Waals surface area contributed by atoms with E-state index < -0.39 is 0 Å². The van der Waals surface area contributed by atoms with Crippen molar-refractivity contribution < 1.29 is 0 Å². The van der Waals surface area contributed by atoms with Crippen LogP contribution in [-0.2, 0) is 6.54 Å². The Morgan fingerprint density at radius 1 is 1.35 bits per heavy atom. The van der Waals surface area contributed by atoms with Crippen molar-refractivity contribution in [1.82, 2.24) is 9.97 Å². The van der Waals surface area contributed by atoms with Crippen molar-refractivity contribution >= 4 is 27.7 Å². The highest BCUT2D eigenvalue weighted by molar-refractivity contribution is 9.10. The molecule has 0 amide bonds. The van der Waals surface area contributed by atoms with Gasteiger partial charge in [-0.15, -0.1) is 0 Å². The fraction of sp³-hybridized carbons (Fsp3) is 0.167. The van der Waals surface area contributed by atoms with E-state index in [1.807, 2.05) is 31.2 Å². The van der Waals surface area contributed by atoms with Crippen LogP contribution in [-0.4, -0.2) is 9.97 Å². The average Bonchev–Trinajstić information content (AvgIpc) is 2.32. The lowest BCUT2D eigenvalue weighted by atomic mass is 10.2. The normalized spacial score (nSPS) is 10.5. The number of halogens is 1. The quantitative estimate of drug-likeness (QED) is 0.885. The van der Waals surface area contributed by atoms with E-state index in [4.69, 9.17) is 5.73 Å². The van der Waals surface area contributed by atoms with Gasteiger partial charge in [-0.05, 0) is 58.4 Å². The first-order valence-electron chi connectivity index (χ1n) is 5.15. The number of hydrogen-bond acceptors (Lipinski definition) is 4. The molecule has 0 fully saturated rings. The Kier molecular flexibility index (Phi) is 4.15. The van der Waals surface area contributed by atoms with Gasteiger partial charge in [-0.3, -0.25) is 0 Å². The predicted octanol–water partition coefficient (Wildman–Crippen LogP) is 3.16. The van der Waals surface area contributed by atoms with Gasteiger partial charge in [0.2, 0.25) is 0 Å². The summed E-state index contributed by atoms with van der Waals surface area (Å²) in [5.74, 6) is 0. The van der Waals surface area contributed by atoms with Crippen LogP contribution in [0.25, 0.3) is 0 Å². The summed E-state index contributed by atoms with van der Waals surface area (Å²) in [4.78, 5) is 9.67. The van der Waals surface area contributed by atoms with Crippen molar-refractivity contribution in [3.8, 4) is 0 Å². The fourth-order valence-corrected chi connectivity index (χ4v) is 2.79. The van der Waals surface area contributed by atoms with Gasteiger partial charge < -0.3 is 5.73 Å². The Hall–Kier alpha value is -0.910. The number of aromatic nitrogens is 2. The standard InChI is InChI=1S/C12H12BrN3S/c1-8-4-5-15-12(16-8)17-11-3-2-9(7-14)6-10(11)13/h2-6H,7,14H2,1H3. The van der Waals surface area contributed by atoms with Crippen LogP contribution in [0.1, 0.15) is 11.3 Å². The zero-order valence-electron chi connectivity index (χ0n) is 9.35. The Morgan fingerprint density at radius 3 is 2.82 bits per heavy atom. The van der Waals surface area contributed by atoms with Crippen LogP contribution in [0.5, 0.6) is 0 Å². The lowest BCUT2D eigenvalue weighted by molar-refractivity contribution is 0.931.